The van der Waals surface area contributed by atoms with Gasteiger partial charge in [-0.15, -0.1) is 0 Å². The van der Waals surface area contributed by atoms with Crippen molar-refractivity contribution in [2.75, 3.05) is 6.61 Å². The molecule has 0 aliphatic carbocycles. The number of nitrogens with two attached hydrogens (primary N) is 1. The van der Waals surface area contributed by atoms with Crippen LogP contribution in [0.25, 0.3) is 0 Å². The molecule has 13 heavy (non-hydrogen) atoms. The van der Waals surface area contributed by atoms with Crippen LogP contribution in [0.2, 0.25) is 0 Å². The Hall–Kier alpha value is -0.500. The van der Waals surface area contributed by atoms with E-state index < -0.39 is 0 Å². The molecule has 0 aromatic carbocycles. The average Bonchev–Trinajstić information content (AvgIpc) is 2.19. The fourth-order valence-corrected chi connectivity index (χ4v) is 1.59. The van der Waals surface area contributed by atoms with Gasteiger partial charge < -0.3 is 10.5 Å². The molecule has 1 heterocycles. The van der Waals surface area contributed by atoms with Gasteiger partial charge in [0.05, 0.1) is 12.6 Å². The summed E-state index contributed by atoms with van der Waals surface area (Å²) in [6.07, 6.45) is 9.26. The van der Waals surface area contributed by atoms with Gasteiger partial charge in [0.25, 0.3) is 0 Å². The molecule has 2 N–H and O–H groups in total. The van der Waals surface area contributed by atoms with Gasteiger partial charge in [0.2, 0.25) is 0 Å². The third kappa shape index (κ3) is 3.81. The van der Waals surface area contributed by atoms with E-state index in [1.807, 2.05) is 0 Å². The molecule has 1 aliphatic heterocycles. The lowest BCUT2D eigenvalue weighted by Crippen LogP contribution is -2.25. The lowest BCUT2D eigenvalue weighted by molar-refractivity contribution is 0.173. The predicted octanol–water partition coefficient (Wildman–Crippen LogP) is 2.59. The number of rotatable bonds is 5. The van der Waals surface area contributed by atoms with Crippen LogP contribution in [0.1, 0.15) is 45.4 Å². The van der Waals surface area contributed by atoms with Gasteiger partial charge >= 0.3 is 0 Å². The van der Waals surface area contributed by atoms with E-state index in [9.17, 15) is 0 Å². The zero-order valence-corrected chi connectivity index (χ0v) is 8.59. The van der Waals surface area contributed by atoms with Crippen molar-refractivity contribution in [2.45, 2.75) is 51.5 Å². The lowest BCUT2D eigenvalue weighted by atomic mass is 10.1. The number of ether oxygens (including phenoxy) is 1. The summed E-state index contributed by atoms with van der Waals surface area (Å²) in [5.74, 6) is 1.03. The van der Waals surface area contributed by atoms with Crippen LogP contribution in [-0.4, -0.2) is 12.6 Å². The van der Waals surface area contributed by atoms with E-state index in [4.69, 9.17) is 10.5 Å². The summed E-state index contributed by atoms with van der Waals surface area (Å²) in [7, 11) is 0. The summed E-state index contributed by atoms with van der Waals surface area (Å²) in [5, 5.41) is 0. The summed E-state index contributed by atoms with van der Waals surface area (Å²) in [6.45, 7) is 3.06. The molecule has 0 aromatic heterocycles. The fourth-order valence-electron chi connectivity index (χ4n) is 1.59. The molecular formula is C11H21NO. The molecule has 1 atom stereocenters. The number of allylic oxidation sites excluding steroid dienone is 1. The largest absolute Gasteiger partial charge is 0.497 e. The van der Waals surface area contributed by atoms with E-state index in [2.05, 4.69) is 13.0 Å². The van der Waals surface area contributed by atoms with Gasteiger partial charge in [-0.2, -0.15) is 0 Å². The Balaban J connectivity index is 2.21. The standard InChI is InChI=1S/C11H21NO/c1-2-3-4-7-10(12)11-8-5-6-9-13-11/h8,10H,2-7,9,12H2,1H3. The van der Waals surface area contributed by atoms with Crippen LogP contribution in [0.5, 0.6) is 0 Å². The van der Waals surface area contributed by atoms with Gasteiger partial charge in [0.1, 0.15) is 5.76 Å². The molecule has 0 spiro atoms. The van der Waals surface area contributed by atoms with Crippen LogP contribution in [0.4, 0.5) is 0 Å². The molecule has 0 aromatic rings. The monoisotopic (exact) mass is 183 g/mol. The Morgan fingerprint density at radius 3 is 3.00 bits per heavy atom. The third-order valence-electron chi connectivity index (χ3n) is 2.45. The van der Waals surface area contributed by atoms with E-state index in [0.717, 1.165) is 31.6 Å². The average molecular weight is 183 g/mol. The highest BCUT2D eigenvalue weighted by atomic mass is 16.5. The van der Waals surface area contributed by atoms with Crippen molar-refractivity contribution in [3.63, 3.8) is 0 Å². The second kappa shape index (κ2) is 6.03. The predicted molar refractivity (Wildman–Crippen MR) is 55.4 cm³/mol. The first-order valence-electron chi connectivity index (χ1n) is 5.43. The molecule has 1 aliphatic rings. The topological polar surface area (TPSA) is 35.2 Å². The minimum atomic E-state index is 0.145. The molecule has 1 unspecified atom stereocenters. The van der Waals surface area contributed by atoms with E-state index in [1.165, 1.54) is 19.3 Å². The zero-order chi connectivity index (χ0) is 9.52. The van der Waals surface area contributed by atoms with Gasteiger partial charge in [0, 0.05) is 0 Å². The van der Waals surface area contributed by atoms with E-state index in [1.54, 1.807) is 0 Å². The molecule has 0 amide bonds. The molecule has 2 nitrogen and oxygen atoms in total. The highest BCUT2D eigenvalue weighted by Crippen LogP contribution is 2.16. The molecule has 0 fully saturated rings. The Morgan fingerprint density at radius 2 is 2.38 bits per heavy atom. The minimum Gasteiger partial charge on any atom is -0.497 e. The maximum absolute atomic E-state index is 6.00. The Morgan fingerprint density at radius 1 is 1.54 bits per heavy atom. The van der Waals surface area contributed by atoms with Crippen molar-refractivity contribution >= 4 is 0 Å². The van der Waals surface area contributed by atoms with Crippen LogP contribution in [-0.2, 0) is 4.74 Å². The van der Waals surface area contributed by atoms with Gasteiger partial charge in [-0.25, -0.2) is 0 Å². The smallest absolute Gasteiger partial charge is 0.109 e. The number of hydrogen-bond acceptors (Lipinski definition) is 2. The van der Waals surface area contributed by atoms with Crippen molar-refractivity contribution in [2.24, 2.45) is 5.73 Å². The first-order valence-corrected chi connectivity index (χ1v) is 5.43. The van der Waals surface area contributed by atoms with Crippen molar-refractivity contribution in [1.29, 1.82) is 0 Å². The molecular weight excluding hydrogens is 162 g/mol. The summed E-state index contributed by atoms with van der Waals surface area (Å²) in [4.78, 5) is 0. The number of unbranched alkanes of at least 4 members (excludes halogenated alkanes) is 2. The molecule has 1 rings (SSSR count). The Bertz CT molecular complexity index is 165. The molecule has 0 saturated heterocycles. The number of hydrogen-bond donors (Lipinski definition) is 1. The van der Waals surface area contributed by atoms with Gasteiger partial charge in [-0.3, -0.25) is 0 Å². The second-order valence-corrected chi connectivity index (χ2v) is 3.70. The SMILES string of the molecule is CCCCCC(N)C1=CCCCO1. The van der Waals surface area contributed by atoms with Gasteiger partial charge in [0.15, 0.2) is 0 Å². The summed E-state index contributed by atoms with van der Waals surface area (Å²) in [5.41, 5.74) is 6.00. The van der Waals surface area contributed by atoms with Crippen LogP contribution in [0, 0.1) is 0 Å². The first kappa shape index (κ1) is 10.6. The normalized spacial score (nSPS) is 19.1. The van der Waals surface area contributed by atoms with E-state index >= 15 is 0 Å². The first-order chi connectivity index (χ1) is 6.34. The highest BCUT2D eigenvalue weighted by molar-refractivity contribution is 5.03. The third-order valence-corrected chi connectivity index (χ3v) is 2.45. The molecule has 76 valence electrons. The lowest BCUT2D eigenvalue weighted by Gasteiger charge is -2.20. The molecule has 0 bridgehead atoms. The quantitative estimate of drug-likeness (QED) is 0.665. The highest BCUT2D eigenvalue weighted by Gasteiger charge is 2.12. The van der Waals surface area contributed by atoms with Crippen molar-refractivity contribution in [3.8, 4) is 0 Å². The zero-order valence-electron chi connectivity index (χ0n) is 8.59. The van der Waals surface area contributed by atoms with Gasteiger partial charge in [-0.05, 0) is 25.3 Å². The Kier molecular flexibility index (Phi) is 4.91. The minimum absolute atomic E-state index is 0.145. The Labute approximate surface area is 81.1 Å². The fraction of sp³-hybridized carbons (Fsp3) is 0.818. The summed E-state index contributed by atoms with van der Waals surface area (Å²) >= 11 is 0. The van der Waals surface area contributed by atoms with Crippen LogP contribution in [0.3, 0.4) is 0 Å². The van der Waals surface area contributed by atoms with Crippen molar-refractivity contribution in [1.82, 2.24) is 0 Å². The maximum atomic E-state index is 6.00. The van der Waals surface area contributed by atoms with Gasteiger partial charge in [-0.1, -0.05) is 26.2 Å². The van der Waals surface area contributed by atoms with E-state index in [-0.39, 0.29) is 6.04 Å². The molecule has 0 saturated carbocycles. The van der Waals surface area contributed by atoms with Crippen LogP contribution < -0.4 is 5.73 Å². The summed E-state index contributed by atoms with van der Waals surface area (Å²) in [6, 6.07) is 0.145. The van der Waals surface area contributed by atoms with E-state index in [0.29, 0.717) is 0 Å². The molecule has 2 heteroatoms. The van der Waals surface area contributed by atoms with Crippen molar-refractivity contribution in [3.05, 3.63) is 11.8 Å². The summed E-state index contributed by atoms with van der Waals surface area (Å²) < 4.78 is 5.51. The second-order valence-electron chi connectivity index (χ2n) is 3.70. The van der Waals surface area contributed by atoms with Crippen LogP contribution >= 0.6 is 0 Å². The molecule has 0 radical (unpaired) electrons. The van der Waals surface area contributed by atoms with Crippen molar-refractivity contribution < 1.29 is 4.74 Å². The maximum Gasteiger partial charge on any atom is 0.109 e. The van der Waals surface area contributed by atoms with Crippen LogP contribution in [0.15, 0.2) is 11.8 Å².